The Labute approximate surface area is 138 Å². The normalized spacial score (nSPS) is 11.4. The maximum absolute atomic E-state index is 12.6. The molecule has 0 bridgehead atoms. The van der Waals surface area contributed by atoms with E-state index in [-0.39, 0.29) is 11.5 Å². The molecular weight excluding hydrogens is 401 g/mol. The Kier molecular flexibility index (Phi) is 4.90. The third kappa shape index (κ3) is 3.56. The SMILES string of the molecule is Cc1cc(C)c(S(=O)(=O)Nc2ccccc2I)cc1CO. The first kappa shape index (κ1) is 16.3. The first-order chi connectivity index (χ1) is 9.85. The Hall–Kier alpha value is -1.12. The minimum Gasteiger partial charge on any atom is -0.392 e. The number of halogens is 1. The van der Waals surface area contributed by atoms with E-state index in [1.807, 2.05) is 19.1 Å². The molecule has 2 rings (SSSR count). The summed E-state index contributed by atoms with van der Waals surface area (Å²) >= 11 is 2.08. The van der Waals surface area contributed by atoms with Crippen molar-refractivity contribution in [3.05, 3.63) is 56.7 Å². The monoisotopic (exact) mass is 417 g/mol. The number of sulfonamides is 1. The highest BCUT2D eigenvalue weighted by Gasteiger charge is 2.19. The summed E-state index contributed by atoms with van der Waals surface area (Å²) < 4.78 is 28.5. The van der Waals surface area contributed by atoms with Gasteiger partial charge in [0.05, 0.1) is 17.2 Å². The van der Waals surface area contributed by atoms with Crippen molar-refractivity contribution in [1.29, 1.82) is 0 Å². The van der Waals surface area contributed by atoms with Crippen LogP contribution in [0.4, 0.5) is 5.69 Å². The number of hydrogen-bond acceptors (Lipinski definition) is 3. The lowest BCUT2D eigenvalue weighted by atomic mass is 10.1. The lowest BCUT2D eigenvalue weighted by Gasteiger charge is -2.14. The van der Waals surface area contributed by atoms with Crippen LogP contribution in [0.3, 0.4) is 0 Å². The van der Waals surface area contributed by atoms with E-state index < -0.39 is 10.0 Å². The number of benzene rings is 2. The molecule has 0 saturated heterocycles. The van der Waals surface area contributed by atoms with Crippen molar-refractivity contribution in [1.82, 2.24) is 0 Å². The molecule has 0 unspecified atom stereocenters. The van der Waals surface area contributed by atoms with Crippen molar-refractivity contribution < 1.29 is 13.5 Å². The molecule has 0 radical (unpaired) electrons. The molecule has 0 aromatic heterocycles. The molecule has 0 aliphatic heterocycles. The summed E-state index contributed by atoms with van der Waals surface area (Å²) in [6.45, 7) is 3.42. The molecule has 0 amide bonds. The fourth-order valence-electron chi connectivity index (χ4n) is 2.08. The van der Waals surface area contributed by atoms with E-state index in [0.29, 0.717) is 16.8 Å². The molecule has 6 heteroatoms. The molecule has 0 saturated carbocycles. The second-order valence-electron chi connectivity index (χ2n) is 4.79. The number of aliphatic hydroxyl groups excluding tert-OH is 1. The zero-order valence-electron chi connectivity index (χ0n) is 11.7. The topological polar surface area (TPSA) is 66.4 Å². The van der Waals surface area contributed by atoms with Gasteiger partial charge in [0.25, 0.3) is 10.0 Å². The van der Waals surface area contributed by atoms with E-state index in [1.54, 1.807) is 25.1 Å². The minimum absolute atomic E-state index is 0.183. The fourth-order valence-corrected chi connectivity index (χ4v) is 4.14. The van der Waals surface area contributed by atoms with Crippen molar-refractivity contribution in [2.75, 3.05) is 4.72 Å². The van der Waals surface area contributed by atoms with E-state index in [9.17, 15) is 13.5 Å². The van der Waals surface area contributed by atoms with Gasteiger partial charge in [-0.1, -0.05) is 18.2 Å². The van der Waals surface area contributed by atoms with Gasteiger partial charge in [-0.25, -0.2) is 8.42 Å². The highest BCUT2D eigenvalue weighted by atomic mass is 127. The van der Waals surface area contributed by atoms with Crippen LogP contribution in [0.25, 0.3) is 0 Å². The molecule has 0 aliphatic rings. The van der Waals surface area contributed by atoms with Gasteiger partial charge in [-0.3, -0.25) is 4.72 Å². The van der Waals surface area contributed by atoms with Gasteiger partial charge in [0.1, 0.15) is 0 Å². The highest BCUT2D eigenvalue weighted by Crippen LogP contribution is 2.25. The van der Waals surface area contributed by atoms with Crippen LogP contribution < -0.4 is 4.72 Å². The number of anilines is 1. The fraction of sp³-hybridized carbons (Fsp3) is 0.200. The number of para-hydroxylation sites is 1. The Morgan fingerprint density at radius 1 is 1.14 bits per heavy atom. The smallest absolute Gasteiger partial charge is 0.262 e. The molecule has 4 nitrogen and oxygen atoms in total. The quantitative estimate of drug-likeness (QED) is 0.752. The van der Waals surface area contributed by atoms with Gasteiger partial charge in [0, 0.05) is 3.57 Å². The summed E-state index contributed by atoms with van der Waals surface area (Å²) in [6, 6.07) is 10.5. The Morgan fingerprint density at radius 3 is 2.43 bits per heavy atom. The number of nitrogens with one attached hydrogen (secondary N) is 1. The van der Waals surface area contributed by atoms with Crippen LogP contribution in [0.5, 0.6) is 0 Å². The largest absolute Gasteiger partial charge is 0.392 e. The first-order valence-corrected chi connectivity index (χ1v) is 8.89. The maximum atomic E-state index is 12.6. The molecule has 0 heterocycles. The van der Waals surface area contributed by atoms with Crippen molar-refractivity contribution in [3.8, 4) is 0 Å². The van der Waals surface area contributed by atoms with Crippen molar-refractivity contribution in [2.24, 2.45) is 0 Å². The number of aryl methyl sites for hydroxylation is 2. The van der Waals surface area contributed by atoms with E-state index in [1.165, 1.54) is 6.07 Å². The Bertz CT molecular complexity index is 772. The average Bonchev–Trinajstić information content (AvgIpc) is 2.41. The first-order valence-electron chi connectivity index (χ1n) is 6.33. The van der Waals surface area contributed by atoms with Gasteiger partial charge in [0.15, 0.2) is 0 Å². The van der Waals surface area contributed by atoms with Crippen LogP contribution in [0.2, 0.25) is 0 Å². The minimum atomic E-state index is -3.68. The number of hydrogen-bond donors (Lipinski definition) is 2. The molecule has 0 atom stereocenters. The second-order valence-corrected chi connectivity index (χ2v) is 7.60. The van der Waals surface area contributed by atoms with Crippen LogP contribution in [0, 0.1) is 17.4 Å². The van der Waals surface area contributed by atoms with Gasteiger partial charge in [-0.2, -0.15) is 0 Å². The molecule has 2 aromatic rings. The summed E-state index contributed by atoms with van der Waals surface area (Å²) in [5.74, 6) is 0. The third-order valence-electron chi connectivity index (χ3n) is 3.21. The summed E-state index contributed by atoms with van der Waals surface area (Å²) in [4.78, 5) is 0.191. The van der Waals surface area contributed by atoms with Crippen molar-refractivity contribution >= 4 is 38.3 Å². The molecule has 21 heavy (non-hydrogen) atoms. The van der Waals surface area contributed by atoms with Gasteiger partial charge in [0.2, 0.25) is 0 Å². The number of rotatable bonds is 4. The highest BCUT2D eigenvalue weighted by molar-refractivity contribution is 14.1. The van der Waals surface area contributed by atoms with Crippen LogP contribution in [-0.2, 0) is 16.6 Å². The molecule has 0 aliphatic carbocycles. The molecule has 2 aromatic carbocycles. The summed E-state index contributed by atoms with van der Waals surface area (Å²) in [7, 11) is -3.68. The predicted molar refractivity (Wildman–Crippen MR) is 91.8 cm³/mol. The van der Waals surface area contributed by atoms with Gasteiger partial charge < -0.3 is 5.11 Å². The zero-order valence-corrected chi connectivity index (χ0v) is 14.7. The summed E-state index contributed by atoms with van der Waals surface area (Å²) in [5, 5.41) is 9.32. The van der Waals surface area contributed by atoms with Crippen LogP contribution in [-0.4, -0.2) is 13.5 Å². The molecular formula is C15H16INO3S. The molecule has 0 spiro atoms. The van der Waals surface area contributed by atoms with Crippen LogP contribution in [0.15, 0.2) is 41.3 Å². The summed E-state index contributed by atoms with van der Waals surface area (Å²) in [5.41, 5.74) is 2.69. The predicted octanol–water partition coefficient (Wildman–Crippen LogP) is 3.20. The second kappa shape index (κ2) is 6.33. The van der Waals surface area contributed by atoms with E-state index in [4.69, 9.17) is 0 Å². The van der Waals surface area contributed by atoms with Crippen molar-refractivity contribution in [3.63, 3.8) is 0 Å². The van der Waals surface area contributed by atoms with E-state index in [2.05, 4.69) is 27.3 Å². The van der Waals surface area contributed by atoms with E-state index >= 15 is 0 Å². The van der Waals surface area contributed by atoms with Gasteiger partial charge in [-0.05, 0) is 71.3 Å². The summed E-state index contributed by atoms with van der Waals surface area (Å²) in [6.07, 6.45) is 0. The van der Waals surface area contributed by atoms with Gasteiger partial charge in [-0.15, -0.1) is 0 Å². The Morgan fingerprint density at radius 2 is 1.81 bits per heavy atom. The van der Waals surface area contributed by atoms with Crippen LogP contribution >= 0.6 is 22.6 Å². The average molecular weight is 417 g/mol. The molecule has 0 fully saturated rings. The lowest BCUT2D eigenvalue weighted by molar-refractivity contribution is 0.280. The van der Waals surface area contributed by atoms with Gasteiger partial charge >= 0.3 is 0 Å². The van der Waals surface area contributed by atoms with Crippen LogP contribution in [0.1, 0.15) is 16.7 Å². The maximum Gasteiger partial charge on any atom is 0.262 e. The van der Waals surface area contributed by atoms with Crippen molar-refractivity contribution in [2.45, 2.75) is 25.3 Å². The zero-order chi connectivity index (χ0) is 15.6. The van der Waals surface area contributed by atoms with E-state index in [0.717, 1.165) is 9.13 Å². The standard InChI is InChI=1S/C15H16INO3S/c1-10-7-11(2)15(8-12(10)9-18)21(19,20)17-14-6-4-3-5-13(14)16/h3-8,17-18H,9H2,1-2H3. The third-order valence-corrected chi connectivity index (χ3v) is 5.66. The Balaban J connectivity index is 2.47. The molecule has 2 N–H and O–H groups in total. The lowest BCUT2D eigenvalue weighted by Crippen LogP contribution is -2.15. The number of aliphatic hydroxyl groups is 1. The molecule has 112 valence electrons.